The molecule has 0 spiro atoms. The zero-order valence-corrected chi connectivity index (χ0v) is 12.3. The third kappa shape index (κ3) is 3.32. The van der Waals surface area contributed by atoms with Crippen molar-refractivity contribution >= 4 is 23.2 Å². The van der Waals surface area contributed by atoms with Crippen LogP contribution in [0.15, 0.2) is 18.2 Å². The lowest BCUT2D eigenvalue weighted by molar-refractivity contribution is -0.385. The van der Waals surface area contributed by atoms with Gasteiger partial charge in [-0.25, -0.2) is 4.39 Å². The molecule has 0 radical (unpaired) electrons. The van der Waals surface area contributed by atoms with E-state index >= 15 is 0 Å². The van der Waals surface area contributed by atoms with Crippen LogP contribution in [0, 0.1) is 15.9 Å². The highest BCUT2D eigenvalue weighted by atomic mass is 35.5. The number of hydrogen-bond donors (Lipinski definition) is 0. The van der Waals surface area contributed by atoms with Gasteiger partial charge in [-0.3, -0.25) is 14.9 Å². The Labute approximate surface area is 126 Å². The smallest absolute Gasteiger partial charge is 0.282 e. The number of alkyl halides is 1. The molecule has 1 aliphatic rings. The molecule has 21 heavy (non-hydrogen) atoms. The first-order chi connectivity index (χ1) is 9.91. The second kappa shape index (κ2) is 6.39. The quantitative estimate of drug-likeness (QED) is 0.488. The number of rotatable bonds is 3. The summed E-state index contributed by atoms with van der Waals surface area (Å²) in [5.41, 5.74) is -0.632. The average Bonchev–Trinajstić information content (AvgIpc) is 2.45. The first-order valence-corrected chi connectivity index (χ1v) is 7.20. The Morgan fingerprint density at radius 1 is 1.43 bits per heavy atom. The predicted molar refractivity (Wildman–Crippen MR) is 77.0 cm³/mol. The highest BCUT2D eigenvalue weighted by molar-refractivity contribution is 6.21. The van der Waals surface area contributed by atoms with E-state index in [4.69, 9.17) is 11.6 Å². The third-order valence-electron chi connectivity index (χ3n) is 3.85. The van der Waals surface area contributed by atoms with Gasteiger partial charge in [-0.1, -0.05) is 12.8 Å². The van der Waals surface area contributed by atoms with Crippen molar-refractivity contribution in [3.05, 3.63) is 39.7 Å². The van der Waals surface area contributed by atoms with Crippen LogP contribution >= 0.6 is 11.6 Å². The molecule has 1 amide bonds. The van der Waals surface area contributed by atoms with Gasteiger partial charge in [0, 0.05) is 19.2 Å². The van der Waals surface area contributed by atoms with Crippen LogP contribution in [0.2, 0.25) is 0 Å². The van der Waals surface area contributed by atoms with Crippen molar-refractivity contribution < 1.29 is 14.1 Å². The summed E-state index contributed by atoms with van der Waals surface area (Å²) in [5.74, 6) is -1.25. The minimum absolute atomic E-state index is 0.180. The summed E-state index contributed by atoms with van der Waals surface area (Å²) in [6, 6.07) is 2.70. The van der Waals surface area contributed by atoms with E-state index in [0.717, 1.165) is 43.9 Å². The number of carbonyl (C=O) groups is 1. The molecule has 1 fully saturated rings. The number of halogens is 2. The Balaban J connectivity index is 2.30. The second-order valence-corrected chi connectivity index (χ2v) is 5.76. The van der Waals surface area contributed by atoms with Gasteiger partial charge in [-0.05, 0) is 25.0 Å². The van der Waals surface area contributed by atoms with Crippen molar-refractivity contribution in [2.24, 2.45) is 0 Å². The van der Waals surface area contributed by atoms with Crippen LogP contribution in [0.3, 0.4) is 0 Å². The Morgan fingerprint density at radius 2 is 2.10 bits per heavy atom. The molecule has 2 rings (SSSR count). The minimum Gasteiger partial charge on any atom is -0.337 e. The molecule has 2 atom stereocenters. The number of hydrogen-bond acceptors (Lipinski definition) is 3. The number of benzene rings is 1. The van der Waals surface area contributed by atoms with Gasteiger partial charge in [-0.15, -0.1) is 11.6 Å². The first-order valence-electron chi connectivity index (χ1n) is 6.77. The van der Waals surface area contributed by atoms with E-state index < -0.39 is 22.3 Å². The fourth-order valence-corrected chi connectivity index (χ4v) is 3.13. The molecular formula is C14H16ClFN2O3. The molecular weight excluding hydrogens is 299 g/mol. The molecule has 2 unspecified atom stereocenters. The van der Waals surface area contributed by atoms with Crippen molar-refractivity contribution in [2.75, 3.05) is 7.05 Å². The van der Waals surface area contributed by atoms with Crippen LogP contribution in [-0.4, -0.2) is 34.2 Å². The van der Waals surface area contributed by atoms with Gasteiger partial charge in [-0.2, -0.15) is 0 Å². The summed E-state index contributed by atoms with van der Waals surface area (Å²) in [4.78, 5) is 24.2. The summed E-state index contributed by atoms with van der Waals surface area (Å²) in [6.45, 7) is 0. The van der Waals surface area contributed by atoms with Gasteiger partial charge in [0.25, 0.3) is 11.6 Å². The molecule has 0 bridgehead atoms. The largest absolute Gasteiger partial charge is 0.337 e. The molecule has 0 saturated heterocycles. The van der Waals surface area contributed by atoms with Gasteiger partial charge in [0.2, 0.25) is 0 Å². The van der Waals surface area contributed by atoms with Crippen LogP contribution in [-0.2, 0) is 0 Å². The van der Waals surface area contributed by atoms with Crippen molar-refractivity contribution in [1.29, 1.82) is 0 Å². The van der Waals surface area contributed by atoms with E-state index in [1.165, 1.54) is 4.90 Å². The summed E-state index contributed by atoms with van der Waals surface area (Å²) in [5, 5.41) is 10.8. The highest BCUT2D eigenvalue weighted by Gasteiger charge is 2.32. The molecule has 0 heterocycles. The maximum absolute atomic E-state index is 13.3. The summed E-state index contributed by atoms with van der Waals surface area (Å²) in [7, 11) is 1.56. The van der Waals surface area contributed by atoms with Crippen LogP contribution in [0.25, 0.3) is 0 Å². The average molecular weight is 315 g/mol. The molecule has 0 aromatic heterocycles. The molecule has 1 aliphatic carbocycles. The third-order valence-corrected chi connectivity index (χ3v) is 4.36. The molecule has 1 aromatic carbocycles. The predicted octanol–water partition coefficient (Wildman–Crippen LogP) is 3.36. The van der Waals surface area contributed by atoms with Gasteiger partial charge in [0.05, 0.1) is 10.3 Å². The van der Waals surface area contributed by atoms with E-state index in [0.29, 0.717) is 0 Å². The maximum atomic E-state index is 13.3. The zero-order chi connectivity index (χ0) is 15.6. The fraction of sp³-hybridized carbons (Fsp3) is 0.500. The van der Waals surface area contributed by atoms with Crippen LogP contribution in [0.1, 0.15) is 36.0 Å². The summed E-state index contributed by atoms with van der Waals surface area (Å²) >= 11 is 6.24. The topological polar surface area (TPSA) is 63.5 Å². The summed E-state index contributed by atoms with van der Waals surface area (Å²) in [6.07, 6.45) is 3.51. The van der Waals surface area contributed by atoms with E-state index in [9.17, 15) is 19.3 Å². The maximum Gasteiger partial charge on any atom is 0.282 e. The van der Waals surface area contributed by atoms with Gasteiger partial charge < -0.3 is 4.90 Å². The van der Waals surface area contributed by atoms with E-state index in [-0.39, 0.29) is 17.0 Å². The Hall–Kier alpha value is -1.69. The lowest BCUT2D eigenvalue weighted by Gasteiger charge is -2.34. The van der Waals surface area contributed by atoms with Crippen LogP contribution < -0.4 is 0 Å². The van der Waals surface area contributed by atoms with Crippen LogP contribution in [0.5, 0.6) is 0 Å². The number of amides is 1. The number of nitro benzene ring substituents is 1. The molecule has 1 saturated carbocycles. The second-order valence-electron chi connectivity index (χ2n) is 5.20. The van der Waals surface area contributed by atoms with E-state index in [1.54, 1.807) is 7.05 Å². The molecule has 0 aliphatic heterocycles. The Morgan fingerprint density at radius 3 is 2.71 bits per heavy atom. The van der Waals surface area contributed by atoms with Crippen molar-refractivity contribution in [2.45, 2.75) is 37.1 Å². The number of nitrogens with zero attached hydrogens (tertiary/aromatic N) is 2. The number of carbonyl (C=O) groups excluding carboxylic acids is 1. The standard InChI is InChI=1S/C14H16ClFN2O3/c1-17(13-5-3-2-4-11(13)15)14(19)10-8-9(16)6-7-12(10)18(20)21/h6-8,11,13H,2-5H2,1H3. The molecule has 0 N–H and O–H groups in total. The van der Waals surface area contributed by atoms with Gasteiger partial charge in [0.15, 0.2) is 0 Å². The van der Waals surface area contributed by atoms with Crippen molar-refractivity contribution in [1.82, 2.24) is 4.90 Å². The normalized spacial score (nSPS) is 21.9. The first kappa shape index (κ1) is 15.7. The highest BCUT2D eigenvalue weighted by Crippen LogP contribution is 2.29. The Bertz CT molecular complexity index is 567. The zero-order valence-electron chi connectivity index (χ0n) is 11.6. The van der Waals surface area contributed by atoms with Gasteiger partial charge in [0.1, 0.15) is 11.4 Å². The lowest BCUT2D eigenvalue weighted by atomic mass is 9.93. The minimum atomic E-state index is -0.681. The monoisotopic (exact) mass is 314 g/mol. The molecule has 1 aromatic rings. The fourth-order valence-electron chi connectivity index (χ4n) is 2.68. The molecule has 5 nitrogen and oxygen atoms in total. The van der Waals surface area contributed by atoms with Crippen molar-refractivity contribution in [3.63, 3.8) is 0 Å². The van der Waals surface area contributed by atoms with E-state index in [2.05, 4.69) is 0 Å². The van der Waals surface area contributed by atoms with E-state index in [1.807, 2.05) is 0 Å². The lowest BCUT2D eigenvalue weighted by Crippen LogP contribution is -2.44. The molecule has 114 valence electrons. The molecule has 7 heteroatoms. The van der Waals surface area contributed by atoms with Crippen LogP contribution in [0.4, 0.5) is 10.1 Å². The van der Waals surface area contributed by atoms with Gasteiger partial charge >= 0.3 is 0 Å². The van der Waals surface area contributed by atoms with Crippen molar-refractivity contribution in [3.8, 4) is 0 Å². The number of nitro groups is 1. The summed E-state index contributed by atoms with van der Waals surface area (Å²) < 4.78 is 13.3. The SMILES string of the molecule is CN(C(=O)c1cc(F)ccc1[N+](=O)[O-])C1CCCCC1Cl. The Kier molecular flexibility index (Phi) is 4.77.